The van der Waals surface area contributed by atoms with Crippen molar-refractivity contribution in [1.82, 2.24) is 9.78 Å². The number of hydrogen-bond acceptors (Lipinski definition) is 2. The van der Waals surface area contributed by atoms with Gasteiger partial charge in [0.05, 0.1) is 17.3 Å². The van der Waals surface area contributed by atoms with E-state index in [-0.39, 0.29) is 5.41 Å². The molecule has 0 radical (unpaired) electrons. The lowest BCUT2D eigenvalue weighted by atomic mass is 9.88. The molecule has 0 saturated heterocycles. The van der Waals surface area contributed by atoms with Crippen molar-refractivity contribution in [2.24, 2.45) is 5.41 Å². The molecule has 3 heteroatoms. The number of hydrogen-bond donors (Lipinski definition) is 0. The predicted molar refractivity (Wildman–Crippen MR) is 55.8 cm³/mol. The lowest BCUT2D eigenvalue weighted by Crippen LogP contribution is -2.21. The van der Waals surface area contributed by atoms with Gasteiger partial charge in [0.15, 0.2) is 0 Å². The topological polar surface area (TPSA) is 41.6 Å². The molecule has 0 aliphatic rings. The average Bonchev–Trinajstić information content (AvgIpc) is 2.43. The van der Waals surface area contributed by atoms with E-state index in [2.05, 4.69) is 38.9 Å². The Morgan fingerprint density at radius 3 is 2.43 bits per heavy atom. The van der Waals surface area contributed by atoms with Crippen LogP contribution in [0.4, 0.5) is 0 Å². The first-order valence-electron chi connectivity index (χ1n) is 4.82. The third kappa shape index (κ3) is 1.95. The van der Waals surface area contributed by atoms with E-state index < -0.39 is 0 Å². The van der Waals surface area contributed by atoms with Gasteiger partial charge in [0.25, 0.3) is 0 Å². The number of rotatable bonds is 1. The van der Waals surface area contributed by atoms with E-state index in [9.17, 15) is 0 Å². The van der Waals surface area contributed by atoms with Gasteiger partial charge in [-0.25, -0.2) is 0 Å². The second kappa shape index (κ2) is 3.45. The standard InChI is InChI=1S/C11H17N3/c1-8-10(6-12)7-14(13-8)9(2)11(3,4)5/h7,9H,1-5H3. The Morgan fingerprint density at radius 2 is 2.07 bits per heavy atom. The smallest absolute Gasteiger partial charge is 0.103 e. The molecule has 1 rings (SSSR count). The minimum atomic E-state index is 0.158. The summed E-state index contributed by atoms with van der Waals surface area (Å²) in [5.74, 6) is 0. The van der Waals surface area contributed by atoms with Crippen LogP contribution in [-0.4, -0.2) is 9.78 Å². The normalized spacial score (nSPS) is 13.7. The summed E-state index contributed by atoms with van der Waals surface area (Å²) in [5, 5.41) is 13.2. The summed E-state index contributed by atoms with van der Waals surface area (Å²) in [6.07, 6.45) is 1.82. The summed E-state index contributed by atoms with van der Waals surface area (Å²) in [6.45, 7) is 10.5. The van der Waals surface area contributed by atoms with Gasteiger partial charge in [-0.3, -0.25) is 4.68 Å². The van der Waals surface area contributed by atoms with Gasteiger partial charge in [-0.2, -0.15) is 10.4 Å². The van der Waals surface area contributed by atoms with Crippen molar-refractivity contribution in [3.8, 4) is 6.07 Å². The molecule has 3 nitrogen and oxygen atoms in total. The Kier molecular flexibility index (Phi) is 2.66. The third-order valence-electron chi connectivity index (χ3n) is 2.69. The van der Waals surface area contributed by atoms with Gasteiger partial charge in [0.2, 0.25) is 0 Å². The molecular formula is C11H17N3. The molecule has 14 heavy (non-hydrogen) atoms. The van der Waals surface area contributed by atoms with E-state index >= 15 is 0 Å². The quantitative estimate of drug-likeness (QED) is 0.684. The summed E-state index contributed by atoms with van der Waals surface area (Å²) >= 11 is 0. The van der Waals surface area contributed by atoms with Crippen LogP contribution in [0.2, 0.25) is 0 Å². The minimum absolute atomic E-state index is 0.158. The molecule has 0 N–H and O–H groups in total. The van der Waals surface area contributed by atoms with Gasteiger partial charge >= 0.3 is 0 Å². The number of aromatic nitrogens is 2. The monoisotopic (exact) mass is 191 g/mol. The molecule has 0 aliphatic heterocycles. The van der Waals surface area contributed by atoms with Crippen LogP contribution in [0.1, 0.15) is 45.0 Å². The molecule has 0 fully saturated rings. The van der Waals surface area contributed by atoms with E-state index in [1.54, 1.807) is 0 Å². The Hall–Kier alpha value is -1.30. The maximum Gasteiger partial charge on any atom is 0.103 e. The van der Waals surface area contributed by atoms with Crippen LogP contribution in [0.3, 0.4) is 0 Å². The maximum atomic E-state index is 8.81. The zero-order chi connectivity index (χ0) is 10.9. The molecule has 0 aliphatic carbocycles. The lowest BCUT2D eigenvalue weighted by molar-refractivity contribution is 0.244. The van der Waals surface area contributed by atoms with Crippen molar-refractivity contribution in [3.05, 3.63) is 17.5 Å². The first-order valence-corrected chi connectivity index (χ1v) is 4.82. The predicted octanol–water partition coefficient (Wildman–Crippen LogP) is 2.67. The maximum absolute atomic E-state index is 8.81. The summed E-state index contributed by atoms with van der Waals surface area (Å²) in [4.78, 5) is 0. The van der Waals surface area contributed by atoms with Crippen molar-refractivity contribution >= 4 is 0 Å². The van der Waals surface area contributed by atoms with Crippen molar-refractivity contribution < 1.29 is 0 Å². The van der Waals surface area contributed by atoms with Crippen LogP contribution in [0.5, 0.6) is 0 Å². The Morgan fingerprint density at radius 1 is 1.50 bits per heavy atom. The molecule has 0 spiro atoms. The molecule has 0 amide bonds. The molecule has 0 aromatic carbocycles. The molecule has 0 bridgehead atoms. The molecule has 1 aromatic heterocycles. The van der Waals surface area contributed by atoms with Crippen molar-refractivity contribution in [2.45, 2.75) is 40.7 Å². The number of nitriles is 1. The Labute approximate surface area is 85.4 Å². The van der Waals surface area contributed by atoms with Crippen molar-refractivity contribution in [3.63, 3.8) is 0 Å². The minimum Gasteiger partial charge on any atom is -0.268 e. The van der Waals surface area contributed by atoms with E-state index in [0.717, 1.165) is 5.69 Å². The fourth-order valence-electron chi connectivity index (χ4n) is 1.19. The number of nitrogens with zero attached hydrogens (tertiary/aromatic N) is 3. The molecule has 1 unspecified atom stereocenters. The van der Waals surface area contributed by atoms with Crippen LogP contribution in [0.15, 0.2) is 6.20 Å². The SMILES string of the molecule is Cc1nn(C(C)C(C)(C)C)cc1C#N. The van der Waals surface area contributed by atoms with Gasteiger partial charge in [-0.1, -0.05) is 20.8 Å². The zero-order valence-corrected chi connectivity index (χ0v) is 9.50. The Bertz CT molecular complexity index is 363. The molecular weight excluding hydrogens is 174 g/mol. The highest BCUT2D eigenvalue weighted by Crippen LogP contribution is 2.29. The second-order valence-corrected chi connectivity index (χ2v) is 4.76. The summed E-state index contributed by atoms with van der Waals surface area (Å²) in [6, 6.07) is 2.43. The fraction of sp³-hybridized carbons (Fsp3) is 0.636. The second-order valence-electron chi connectivity index (χ2n) is 4.76. The summed E-state index contributed by atoms with van der Waals surface area (Å²) in [7, 11) is 0. The largest absolute Gasteiger partial charge is 0.268 e. The van der Waals surface area contributed by atoms with Gasteiger partial charge in [0.1, 0.15) is 6.07 Å². The van der Waals surface area contributed by atoms with E-state index in [0.29, 0.717) is 11.6 Å². The van der Waals surface area contributed by atoms with Gasteiger partial charge in [-0.05, 0) is 19.3 Å². The first-order chi connectivity index (χ1) is 6.36. The van der Waals surface area contributed by atoms with Crippen molar-refractivity contribution in [2.75, 3.05) is 0 Å². The average molecular weight is 191 g/mol. The fourth-order valence-corrected chi connectivity index (χ4v) is 1.19. The van der Waals surface area contributed by atoms with E-state index in [1.165, 1.54) is 0 Å². The summed E-state index contributed by atoms with van der Waals surface area (Å²) in [5.41, 5.74) is 1.63. The van der Waals surface area contributed by atoms with Crippen LogP contribution in [-0.2, 0) is 0 Å². The highest BCUT2D eigenvalue weighted by atomic mass is 15.3. The van der Waals surface area contributed by atoms with Gasteiger partial charge in [0, 0.05) is 6.20 Å². The zero-order valence-electron chi connectivity index (χ0n) is 9.50. The van der Waals surface area contributed by atoms with Gasteiger partial charge in [-0.15, -0.1) is 0 Å². The van der Waals surface area contributed by atoms with Crippen LogP contribution < -0.4 is 0 Å². The first kappa shape index (κ1) is 10.8. The molecule has 1 aromatic rings. The highest BCUT2D eigenvalue weighted by molar-refractivity contribution is 5.29. The van der Waals surface area contributed by atoms with Crippen LogP contribution in [0, 0.1) is 23.7 Å². The molecule has 1 atom stereocenters. The summed E-state index contributed by atoms with van der Waals surface area (Å²) < 4.78 is 1.88. The van der Waals surface area contributed by atoms with Gasteiger partial charge < -0.3 is 0 Å². The van der Waals surface area contributed by atoms with Crippen LogP contribution in [0.25, 0.3) is 0 Å². The third-order valence-corrected chi connectivity index (χ3v) is 2.69. The molecule has 1 heterocycles. The Balaban J connectivity index is 3.05. The van der Waals surface area contributed by atoms with E-state index in [1.807, 2.05) is 17.8 Å². The molecule has 0 saturated carbocycles. The van der Waals surface area contributed by atoms with Crippen molar-refractivity contribution in [1.29, 1.82) is 5.26 Å². The highest BCUT2D eigenvalue weighted by Gasteiger charge is 2.22. The molecule has 76 valence electrons. The number of aryl methyl sites for hydroxylation is 1. The van der Waals surface area contributed by atoms with E-state index in [4.69, 9.17) is 5.26 Å². The lowest BCUT2D eigenvalue weighted by Gasteiger charge is -2.27. The van der Waals surface area contributed by atoms with Crippen LogP contribution >= 0.6 is 0 Å².